The molecule has 0 saturated carbocycles. The average molecular weight is 240 g/mol. The number of unbranched alkanes of at least 4 members (excludes halogenated alkanes) is 2. The molecule has 1 saturated heterocycles. The molecule has 1 aliphatic rings. The standard InChI is InChI=1S/C13H24N2O2/c1-4-6-7-9-15-11(8-5-2)12(16)14-10(3)13(15)17/h10-11H,4-9H2,1-3H3,(H,14,16). The molecule has 0 aromatic rings. The lowest BCUT2D eigenvalue weighted by Gasteiger charge is -2.38. The van der Waals surface area contributed by atoms with Crippen molar-refractivity contribution in [2.75, 3.05) is 6.54 Å². The Hall–Kier alpha value is -1.06. The number of rotatable bonds is 6. The van der Waals surface area contributed by atoms with Crippen LogP contribution in [-0.4, -0.2) is 35.3 Å². The number of nitrogens with one attached hydrogen (secondary N) is 1. The van der Waals surface area contributed by atoms with Gasteiger partial charge < -0.3 is 10.2 Å². The van der Waals surface area contributed by atoms with Crippen molar-refractivity contribution < 1.29 is 9.59 Å². The Morgan fingerprint density at radius 1 is 1.18 bits per heavy atom. The first-order valence-corrected chi connectivity index (χ1v) is 6.72. The molecule has 4 heteroatoms. The monoisotopic (exact) mass is 240 g/mol. The maximum atomic E-state index is 12.1. The molecule has 98 valence electrons. The molecular weight excluding hydrogens is 216 g/mol. The molecule has 1 rings (SSSR count). The first kappa shape index (κ1) is 14.0. The van der Waals surface area contributed by atoms with E-state index in [0.717, 1.165) is 38.6 Å². The van der Waals surface area contributed by atoms with Crippen LogP contribution < -0.4 is 5.32 Å². The Morgan fingerprint density at radius 3 is 2.47 bits per heavy atom. The van der Waals surface area contributed by atoms with Crippen LogP contribution in [0.4, 0.5) is 0 Å². The lowest BCUT2D eigenvalue weighted by atomic mass is 10.0. The van der Waals surface area contributed by atoms with Crippen molar-refractivity contribution in [1.29, 1.82) is 0 Å². The highest BCUT2D eigenvalue weighted by molar-refractivity contribution is 5.96. The molecule has 0 bridgehead atoms. The second-order valence-corrected chi connectivity index (χ2v) is 4.77. The summed E-state index contributed by atoms with van der Waals surface area (Å²) < 4.78 is 0. The van der Waals surface area contributed by atoms with E-state index in [2.05, 4.69) is 12.2 Å². The smallest absolute Gasteiger partial charge is 0.245 e. The largest absolute Gasteiger partial charge is 0.343 e. The SMILES string of the molecule is CCCCCN1C(=O)C(C)NC(=O)C1CCC. The number of hydrogen-bond acceptors (Lipinski definition) is 2. The van der Waals surface area contributed by atoms with E-state index in [1.54, 1.807) is 11.8 Å². The highest BCUT2D eigenvalue weighted by atomic mass is 16.2. The molecule has 4 nitrogen and oxygen atoms in total. The first-order chi connectivity index (χ1) is 8.11. The molecule has 1 N–H and O–H groups in total. The van der Waals surface area contributed by atoms with Crippen LogP contribution in [-0.2, 0) is 9.59 Å². The minimum Gasteiger partial charge on any atom is -0.343 e. The van der Waals surface area contributed by atoms with Gasteiger partial charge in [0.1, 0.15) is 12.1 Å². The van der Waals surface area contributed by atoms with E-state index in [0.29, 0.717) is 0 Å². The fraction of sp³-hybridized carbons (Fsp3) is 0.846. The van der Waals surface area contributed by atoms with Crippen molar-refractivity contribution in [3.8, 4) is 0 Å². The molecule has 2 amide bonds. The third-order valence-corrected chi connectivity index (χ3v) is 3.26. The molecule has 0 aromatic carbocycles. The Bertz CT molecular complexity index is 279. The summed E-state index contributed by atoms with van der Waals surface area (Å²) in [4.78, 5) is 25.7. The zero-order valence-corrected chi connectivity index (χ0v) is 11.2. The van der Waals surface area contributed by atoms with Gasteiger partial charge >= 0.3 is 0 Å². The van der Waals surface area contributed by atoms with Gasteiger partial charge in [-0.15, -0.1) is 0 Å². The summed E-state index contributed by atoms with van der Waals surface area (Å²) in [7, 11) is 0. The maximum Gasteiger partial charge on any atom is 0.245 e. The molecule has 1 aliphatic heterocycles. The normalized spacial score (nSPS) is 25.0. The molecule has 1 heterocycles. The van der Waals surface area contributed by atoms with Crippen molar-refractivity contribution in [1.82, 2.24) is 10.2 Å². The molecule has 0 spiro atoms. The van der Waals surface area contributed by atoms with E-state index in [-0.39, 0.29) is 23.9 Å². The van der Waals surface area contributed by atoms with Crippen LogP contribution in [0.1, 0.15) is 52.9 Å². The quantitative estimate of drug-likeness (QED) is 0.718. The summed E-state index contributed by atoms with van der Waals surface area (Å²) in [6.45, 7) is 6.65. The maximum absolute atomic E-state index is 12.1. The zero-order chi connectivity index (χ0) is 12.8. The van der Waals surface area contributed by atoms with Gasteiger partial charge in [0, 0.05) is 6.54 Å². The van der Waals surface area contributed by atoms with Crippen LogP contribution in [0.15, 0.2) is 0 Å². The van der Waals surface area contributed by atoms with Crippen LogP contribution in [0, 0.1) is 0 Å². The minimum atomic E-state index is -0.364. The fourth-order valence-corrected chi connectivity index (χ4v) is 2.27. The van der Waals surface area contributed by atoms with Crippen molar-refractivity contribution in [2.45, 2.75) is 65.0 Å². The molecule has 1 fully saturated rings. The molecule has 2 unspecified atom stereocenters. The van der Waals surface area contributed by atoms with Crippen molar-refractivity contribution in [3.05, 3.63) is 0 Å². The summed E-state index contributed by atoms with van der Waals surface area (Å²) in [5.74, 6) is 0.0783. The van der Waals surface area contributed by atoms with E-state index >= 15 is 0 Å². The minimum absolute atomic E-state index is 0.00967. The third-order valence-electron chi connectivity index (χ3n) is 3.26. The van der Waals surface area contributed by atoms with Gasteiger partial charge in [-0.2, -0.15) is 0 Å². The van der Waals surface area contributed by atoms with Crippen LogP contribution in [0.2, 0.25) is 0 Å². The van der Waals surface area contributed by atoms with E-state index in [4.69, 9.17) is 0 Å². The second kappa shape index (κ2) is 6.62. The van der Waals surface area contributed by atoms with Gasteiger partial charge in [-0.05, 0) is 19.8 Å². The highest BCUT2D eigenvalue weighted by Crippen LogP contribution is 2.15. The molecule has 17 heavy (non-hydrogen) atoms. The molecule has 0 aromatic heterocycles. The third kappa shape index (κ3) is 3.45. The first-order valence-electron chi connectivity index (χ1n) is 6.72. The second-order valence-electron chi connectivity index (χ2n) is 4.77. The van der Waals surface area contributed by atoms with Crippen LogP contribution in [0.25, 0.3) is 0 Å². The van der Waals surface area contributed by atoms with Gasteiger partial charge in [0.15, 0.2) is 0 Å². The van der Waals surface area contributed by atoms with Gasteiger partial charge in [0.2, 0.25) is 11.8 Å². The summed E-state index contributed by atoms with van der Waals surface area (Å²) in [5, 5.41) is 2.75. The molecule has 0 aliphatic carbocycles. The van der Waals surface area contributed by atoms with Crippen LogP contribution >= 0.6 is 0 Å². The summed E-state index contributed by atoms with van der Waals surface area (Å²) >= 11 is 0. The van der Waals surface area contributed by atoms with Crippen molar-refractivity contribution >= 4 is 11.8 Å². The lowest BCUT2D eigenvalue weighted by Crippen LogP contribution is -2.62. The highest BCUT2D eigenvalue weighted by Gasteiger charge is 2.37. The number of carbonyl (C=O) groups excluding carboxylic acids is 2. The number of carbonyl (C=O) groups is 2. The van der Waals surface area contributed by atoms with Crippen LogP contribution in [0.3, 0.4) is 0 Å². The van der Waals surface area contributed by atoms with Gasteiger partial charge in [0.05, 0.1) is 0 Å². The summed E-state index contributed by atoms with van der Waals surface area (Å²) in [6.07, 6.45) is 4.91. The van der Waals surface area contributed by atoms with Crippen molar-refractivity contribution in [3.63, 3.8) is 0 Å². The van der Waals surface area contributed by atoms with Gasteiger partial charge in [-0.25, -0.2) is 0 Å². The fourth-order valence-electron chi connectivity index (χ4n) is 2.27. The van der Waals surface area contributed by atoms with Crippen LogP contribution in [0.5, 0.6) is 0 Å². The van der Waals surface area contributed by atoms with E-state index in [1.807, 2.05) is 6.92 Å². The number of amides is 2. The van der Waals surface area contributed by atoms with Crippen molar-refractivity contribution in [2.24, 2.45) is 0 Å². The Balaban J connectivity index is 2.68. The topological polar surface area (TPSA) is 49.4 Å². The van der Waals surface area contributed by atoms with Gasteiger partial charge in [-0.1, -0.05) is 33.1 Å². The van der Waals surface area contributed by atoms with E-state index in [9.17, 15) is 9.59 Å². The Morgan fingerprint density at radius 2 is 1.88 bits per heavy atom. The average Bonchev–Trinajstić information content (AvgIpc) is 2.30. The predicted molar refractivity (Wildman–Crippen MR) is 67.5 cm³/mol. The zero-order valence-electron chi connectivity index (χ0n) is 11.2. The molecule has 2 atom stereocenters. The van der Waals surface area contributed by atoms with Gasteiger partial charge in [-0.3, -0.25) is 9.59 Å². The summed E-state index contributed by atoms with van der Waals surface area (Å²) in [6, 6.07) is -0.613. The molecule has 0 radical (unpaired) electrons. The van der Waals surface area contributed by atoms with Gasteiger partial charge in [0.25, 0.3) is 0 Å². The number of piperazine rings is 1. The van der Waals surface area contributed by atoms with E-state index < -0.39 is 0 Å². The summed E-state index contributed by atoms with van der Waals surface area (Å²) in [5.41, 5.74) is 0. The Kier molecular flexibility index (Phi) is 5.45. The number of nitrogens with zero attached hydrogens (tertiary/aromatic N) is 1. The Labute approximate surface area is 104 Å². The van der Waals surface area contributed by atoms with E-state index in [1.165, 1.54) is 0 Å². The number of hydrogen-bond donors (Lipinski definition) is 1. The predicted octanol–water partition coefficient (Wildman–Crippen LogP) is 1.69. The lowest BCUT2D eigenvalue weighted by molar-refractivity contribution is -0.149. The molecular formula is C13H24N2O2.